The highest BCUT2D eigenvalue weighted by atomic mass is 32.2. The topological polar surface area (TPSA) is 98.8 Å². The molecule has 2 N–H and O–H groups in total. The number of hydrogen-bond acceptors (Lipinski definition) is 5. The molecule has 1 aromatic carbocycles. The van der Waals surface area contributed by atoms with E-state index in [0.29, 0.717) is 6.54 Å². The number of rotatable bonds is 7. The number of aryl methyl sites for hydroxylation is 1. The monoisotopic (exact) mass is 434 g/mol. The van der Waals surface area contributed by atoms with Crippen molar-refractivity contribution in [3.05, 3.63) is 42.2 Å². The first kappa shape index (κ1) is 22.3. The zero-order valence-corrected chi connectivity index (χ0v) is 18.3. The predicted molar refractivity (Wildman–Crippen MR) is 114 cm³/mol. The highest BCUT2D eigenvalue weighted by Crippen LogP contribution is 2.24. The Morgan fingerprint density at radius 3 is 2.50 bits per heavy atom. The molecule has 1 fully saturated rings. The summed E-state index contributed by atoms with van der Waals surface area (Å²) >= 11 is 0. The van der Waals surface area contributed by atoms with Crippen molar-refractivity contribution in [2.75, 3.05) is 19.6 Å². The van der Waals surface area contributed by atoms with Crippen LogP contribution in [0.4, 0.5) is 0 Å². The molecule has 0 bridgehead atoms. The number of nitrogens with zero attached hydrogens (tertiary/aromatic N) is 2. The third-order valence-electron chi connectivity index (χ3n) is 5.56. The van der Waals surface area contributed by atoms with Crippen molar-refractivity contribution in [2.24, 2.45) is 0 Å². The summed E-state index contributed by atoms with van der Waals surface area (Å²) in [5.41, 5.74) is 0.935. The summed E-state index contributed by atoms with van der Waals surface area (Å²) < 4.78 is 27.4. The van der Waals surface area contributed by atoms with Gasteiger partial charge in [-0.25, -0.2) is 8.42 Å². The predicted octanol–water partition coefficient (Wildman–Crippen LogP) is 1.34. The quantitative estimate of drug-likeness (QED) is 0.675. The summed E-state index contributed by atoms with van der Waals surface area (Å²) in [5, 5.41) is 5.83. The molecule has 0 aliphatic carbocycles. The summed E-state index contributed by atoms with van der Waals surface area (Å²) in [7, 11) is -3.96. The molecule has 3 rings (SSSR count). The maximum absolute atomic E-state index is 13.2. The van der Waals surface area contributed by atoms with Crippen LogP contribution in [-0.2, 0) is 19.6 Å². The maximum Gasteiger partial charge on any atom is 0.264 e. The lowest BCUT2D eigenvalue weighted by atomic mass is 10.0. The zero-order chi connectivity index (χ0) is 21.7. The van der Waals surface area contributed by atoms with E-state index in [-0.39, 0.29) is 23.3 Å². The first-order valence-electron chi connectivity index (χ1n) is 10.4. The summed E-state index contributed by atoms with van der Waals surface area (Å²) in [6.45, 7) is 6.16. The molecule has 1 saturated heterocycles. The molecule has 1 aromatic rings. The summed E-state index contributed by atoms with van der Waals surface area (Å²) in [4.78, 5) is 27.7. The minimum atomic E-state index is -3.96. The fourth-order valence-corrected chi connectivity index (χ4v) is 5.37. The Labute approximate surface area is 178 Å². The van der Waals surface area contributed by atoms with E-state index in [4.69, 9.17) is 0 Å². The lowest BCUT2D eigenvalue weighted by molar-refractivity contribution is -0.138. The van der Waals surface area contributed by atoms with Gasteiger partial charge >= 0.3 is 0 Å². The molecule has 164 valence electrons. The molecule has 2 heterocycles. The van der Waals surface area contributed by atoms with Gasteiger partial charge < -0.3 is 15.5 Å². The van der Waals surface area contributed by atoms with Crippen molar-refractivity contribution in [3.8, 4) is 0 Å². The Bertz CT molecular complexity index is 892. The van der Waals surface area contributed by atoms with Gasteiger partial charge in [0.2, 0.25) is 11.8 Å². The van der Waals surface area contributed by atoms with E-state index < -0.39 is 22.0 Å². The molecule has 9 heteroatoms. The lowest BCUT2D eigenvalue weighted by Gasteiger charge is -2.37. The van der Waals surface area contributed by atoms with E-state index >= 15 is 0 Å². The van der Waals surface area contributed by atoms with Crippen LogP contribution in [0, 0.1) is 6.92 Å². The number of hydrogen-bond donors (Lipinski definition) is 2. The van der Waals surface area contributed by atoms with Crippen molar-refractivity contribution in [2.45, 2.75) is 56.5 Å². The number of benzene rings is 1. The molecule has 0 spiro atoms. The highest BCUT2D eigenvalue weighted by Gasteiger charge is 2.38. The number of sulfonamides is 1. The molecule has 30 heavy (non-hydrogen) atoms. The van der Waals surface area contributed by atoms with Gasteiger partial charge in [-0.1, -0.05) is 24.6 Å². The smallest absolute Gasteiger partial charge is 0.264 e. The van der Waals surface area contributed by atoms with Gasteiger partial charge in [0.05, 0.1) is 11.3 Å². The number of nitrogens with one attached hydrogen (secondary N) is 2. The summed E-state index contributed by atoms with van der Waals surface area (Å²) in [6, 6.07) is 5.45. The zero-order valence-electron chi connectivity index (χ0n) is 17.5. The van der Waals surface area contributed by atoms with E-state index in [9.17, 15) is 18.0 Å². The van der Waals surface area contributed by atoms with Gasteiger partial charge in [0.1, 0.15) is 6.04 Å². The van der Waals surface area contributed by atoms with Crippen LogP contribution in [0.5, 0.6) is 0 Å². The minimum absolute atomic E-state index is 0.0914. The number of amides is 2. The largest absolute Gasteiger partial charge is 0.340 e. The van der Waals surface area contributed by atoms with E-state index in [2.05, 4.69) is 10.6 Å². The third-order valence-corrected chi connectivity index (χ3v) is 7.35. The Morgan fingerprint density at radius 1 is 1.20 bits per heavy atom. The third kappa shape index (κ3) is 4.84. The Balaban J connectivity index is 1.84. The van der Waals surface area contributed by atoms with Crippen LogP contribution in [0.2, 0.25) is 0 Å². The van der Waals surface area contributed by atoms with Crippen molar-refractivity contribution in [1.82, 2.24) is 19.8 Å². The van der Waals surface area contributed by atoms with Gasteiger partial charge in [-0.15, -0.1) is 0 Å². The average molecular weight is 435 g/mol. The van der Waals surface area contributed by atoms with Crippen LogP contribution in [0.3, 0.4) is 0 Å². The van der Waals surface area contributed by atoms with Crippen molar-refractivity contribution in [3.63, 3.8) is 0 Å². The standard InChI is InChI=1S/C21H30N4O4S/c1-3-13-24(17-8-10-22-11-9-17)20(26)15-19-21(27)23-12-14-25(19)30(28,29)18-6-4-16(2)5-7-18/h4-7,12,14,17,19,22H,3,8-11,13,15H2,1-2H3,(H,23,27)/t19-/m1/s1. The van der Waals surface area contributed by atoms with E-state index in [1.54, 1.807) is 12.1 Å². The first-order chi connectivity index (χ1) is 14.3. The van der Waals surface area contributed by atoms with Crippen LogP contribution in [0.25, 0.3) is 0 Å². The normalized spacial score (nSPS) is 20.1. The number of carbonyl (C=O) groups is 2. The SMILES string of the molecule is CCCN(C(=O)C[C@@H]1C(=O)NC=CN1S(=O)(=O)c1ccc(C)cc1)C1CCNCC1. The second kappa shape index (κ2) is 9.61. The molecule has 0 radical (unpaired) electrons. The summed E-state index contributed by atoms with van der Waals surface area (Å²) in [5.74, 6) is -0.688. The maximum atomic E-state index is 13.2. The van der Waals surface area contributed by atoms with Crippen LogP contribution < -0.4 is 10.6 Å². The van der Waals surface area contributed by atoms with Crippen molar-refractivity contribution >= 4 is 21.8 Å². The molecule has 0 unspecified atom stereocenters. The molecule has 1 atom stereocenters. The van der Waals surface area contributed by atoms with Crippen LogP contribution in [0.15, 0.2) is 41.6 Å². The highest BCUT2D eigenvalue weighted by molar-refractivity contribution is 7.89. The Hall–Kier alpha value is -2.39. The fraction of sp³-hybridized carbons (Fsp3) is 0.524. The van der Waals surface area contributed by atoms with Gasteiger partial charge in [-0.3, -0.25) is 13.9 Å². The fourth-order valence-electron chi connectivity index (χ4n) is 3.92. The molecular formula is C21H30N4O4S. The van der Waals surface area contributed by atoms with Crippen LogP contribution >= 0.6 is 0 Å². The Kier molecular flexibility index (Phi) is 7.14. The second-order valence-electron chi connectivity index (χ2n) is 7.76. The van der Waals surface area contributed by atoms with E-state index in [1.165, 1.54) is 24.5 Å². The van der Waals surface area contributed by atoms with Crippen molar-refractivity contribution in [1.29, 1.82) is 0 Å². The van der Waals surface area contributed by atoms with Crippen molar-refractivity contribution < 1.29 is 18.0 Å². The van der Waals surface area contributed by atoms with Gasteiger partial charge in [-0.05, 0) is 51.4 Å². The van der Waals surface area contributed by atoms with E-state index in [1.807, 2.05) is 18.7 Å². The minimum Gasteiger partial charge on any atom is -0.340 e. The Morgan fingerprint density at radius 2 is 1.87 bits per heavy atom. The first-order valence-corrected chi connectivity index (χ1v) is 11.9. The molecule has 2 aliphatic heterocycles. The van der Waals surface area contributed by atoms with E-state index in [0.717, 1.165) is 42.2 Å². The molecule has 2 aliphatic rings. The average Bonchev–Trinajstić information content (AvgIpc) is 2.74. The van der Waals surface area contributed by atoms with Crippen LogP contribution in [0.1, 0.15) is 38.2 Å². The van der Waals surface area contributed by atoms with Gasteiger partial charge in [0, 0.05) is 25.0 Å². The molecule has 8 nitrogen and oxygen atoms in total. The molecule has 0 aromatic heterocycles. The number of piperidine rings is 1. The lowest BCUT2D eigenvalue weighted by Crippen LogP contribution is -2.53. The molecule has 0 saturated carbocycles. The van der Waals surface area contributed by atoms with Crippen LogP contribution in [-0.4, -0.2) is 61.2 Å². The van der Waals surface area contributed by atoms with Gasteiger partial charge in [0.15, 0.2) is 0 Å². The van der Waals surface area contributed by atoms with Gasteiger partial charge in [0.25, 0.3) is 10.0 Å². The molecule has 2 amide bonds. The summed E-state index contributed by atoms with van der Waals surface area (Å²) in [6.07, 6.45) is 4.94. The second-order valence-corrected chi connectivity index (χ2v) is 9.60. The van der Waals surface area contributed by atoms with Gasteiger partial charge in [-0.2, -0.15) is 0 Å². The molecular weight excluding hydrogens is 404 g/mol. The number of carbonyl (C=O) groups excluding carboxylic acids is 2.